The van der Waals surface area contributed by atoms with Crippen LogP contribution in [0.5, 0.6) is 0 Å². The molecule has 2 fully saturated rings. The minimum absolute atomic E-state index is 0.157. The van der Waals surface area contributed by atoms with Crippen molar-refractivity contribution in [3.8, 4) is 0 Å². The van der Waals surface area contributed by atoms with Crippen molar-refractivity contribution < 1.29 is 9.53 Å². The number of amides is 1. The van der Waals surface area contributed by atoms with Crippen LogP contribution in [-0.4, -0.2) is 51.4 Å². The van der Waals surface area contributed by atoms with Gasteiger partial charge >= 0.3 is 0 Å². The van der Waals surface area contributed by atoms with Crippen LogP contribution in [0.1, 0.15) is 37.4 Å². The largest absolute Gasteiger partial charge is 0.368 e. The summed E-state index contributed by atoms with van der Waals surface area (Å²) in [6.45, 7) is 2.30. The van der Waals surface area contributed by atoms with E-state index in [4.69, 9.17) is 4.74 Å². The summed E-state index contributed by atoms with van der Waals surface area (Å²) >= 11 is 0. The Bertz CT molecular complexity index is 453. The lowest BCUT2D eigenvalue weighted by atomic mass is 9.96. The van der Waals surface area contributed by atoms with Gasteiger partial charge < -0.3 is 14.2 Å². The predicted octanol–water partition coefficient (Wildman–Crippen LogP) is 0.700. The molecule has 3 heterocycles. The quantitative estimate of drug-likeness (QED) is 0.789. The summed E-state index contributed by atoms with van der Waals surface area (Å²) < 4.78 is 7.44. The number of piperidine rings is 1. The van der Waals surface area contributed by atoms with Gasteiger partial charge in [-0.2, -0.15) is 0 Å². The van der Waals surface area contributed by atoms with E-state index in [1.54, 1.807) is 6.33 Å². The van der Waals surface area contributed by atoms with Gasteiger partial charge in [-0.3, -0.25) is 4.79 Å². The van der Waals surface area contributed by atoms with Crippen molar-refractivity contribution in [1.29, 1.82) is 0 Å². The second kappa shape index (κ2) is 5.28. The molecule has 2 aliphatic heterocycles. The van der Waals surface area contributed by atoms with Crippen LogP contribution in [0.25, 0.3) is 0 Å². The molecule has 1 aromatic rings. The average molecular weight is 264 g/mol. The minimum atomic E-state index is -0.210. The van der Waals surface area contributed by atoms with Crippen LogP contribution in [0.2, 0.25) is 0 Å². The number of rotatable bonds is 2. The Hall–Kier alpha value is -1.43. The zero-order valence-electron chi connectivity index (χ0n) is 11.3. The molecule has 1 aromatic heterocycles. The Kier molecular flexibility index (Phi) is 3.50. The van der Waals surface area contributed by atoms with Crippen molar-refractivity contribution >= 4 is 5.91 Å². The topological polar surface area (TPSA) is 60.2 Å². The summed E-state index contributed by atoms with van der Waals surface area (Å²) in [6, 6.07) is 0. The first-order valence-corrected chi connectivity index (χ1v) is 7.00. The third kappa shape index (κ3) is 2.49. The van der Waals surface area contributed by atoms with E-state index in [1.165, 1.54) is 0 Å². The normalized spacial score (nSPS) is 27.7. The van der Waals surface area contributed by atoms with Gasteiger partial charge in [0.05, 0.1) is 0 Å². The molecule has 6 nitrogen and oxygen atoms in total. The van der Waals surface area contributed by atoms with Crippen LogP contribution < -0.4 is 0 Å². The molecule has 0 saturated carbocycles. The molecule has 0 aromatic carbocycles. The summed E-state index contributed by atoms with van der Waals surface area (Å²) in [5, 5.41) is 8.10. The van der Waals surface area contributed by atoms with E-state index in [1.807, 2.05) is 16.5 Å². The zero-order chi connectivity index (χ0) is 13.2. The Morgan fingerprint density at radius 2 is 2.32 bits per heavy atom. The third-order valence-electron chi connectivity index (χ3n) is 4.05. The molecule has 19 heavy (non-hydrogen) atoms. The van der Waals surface area contributed by atoms with Crippen LogP contribution in [-0.2, 0) is 16.6 Å². The molecule has 2 atom stereocenters. The Morgan fingerprint density at radius 3 is 3.00 bits per heavy atom. The van der Waals surface area contributed by atoms with Gasteiger partial charge in [0.1, 0.15) is 18.3 Å². The number of carbonyl (C=O) groups is 1. The number of hydrogen-bond acceptors (Lipinski definition) is 4. The lowest BCUT2D eigenvalue weighted by molar-refractivity contribution is -0.142. The highest BCUT2D eigenvalue weighted by atomic mass is 16.5. The van der Waals surface area contributed by atoms with Crippen LogP contribution in [0.3, 0.4) is 0 Å². The molecule has 3 rings (SSSR count). The van der Waals surface area contributed by atoms with Crippen molar-refractivity contribution in [3.63, 3.8) is 0 Å². The van der Waals surface area contributed by atoms with Gasteiger partial charge in [-0.25, -0.2) is 0 Å². The highest BCUT2D eigenvalue weighted by molar-refractivity contribution is 5.81. The van der Waals surface area contributed by atoms with Gasteiger partial charge in [0, 0.05) is 32.7 Å². The lowest BCUT2D eigenvalue weighted by Gasteiger charge is -2.33. The molecule has 2 aliphatic rings. The van der Waals surface area contributed by atoms with Crippen molar-refractivity contribution in [2.24, 2.45) is 7.05 Å². The summed E-state index contributed by atoms with van der Waals surface area (Å²) in [6.07, 6.45) is 5.47. The van der Waals surface area contributed by atoms with Gasteiger partial charge in [0.15, 0.2) is 0 Å². The van der Waals surface area contributed by atoms with E-state index in [0.717, 1.165) is 51.2 Å². The maximum absolute atomic E-state index is 12.4. The molecule has 0 bridgehead atoms. The third-order valence-corrected chi connectivity index (χ3v) is 4.05. The number of hydrogen-bond donors (Lipinski definition) is 0. The van der Waals surface area contributed by atoms with Crippen molar-refractivity contribution in [2.45, 2.75) is 37.7 Å². The lowest BCUT2D eigenvalue weighted by Crippen LogP contribution is -2.44. The molecule has 1 amide bonds. The van der Waals surface area contributed by atoms with Crippen LogP contribution in [0.15, 0.2) is 6.33 Å². The standard InChI is InChI=1S/C13H20N4O2/c1-16-9-14-15-12(16)10-4-2-6-17(8-10)13(18)11-5-3-7-19-11/h9-11H,2-8H2,1H3/t10-,11+/m1/s1. The van der Waals surface area contributed by atoms with Gasteiger partial charge in [0.25, 0.3) is 5.91 Å². The van der Waals surface area contributed by atoms with E-state index in [2.05, 4.69) is 10.2 Å². The van der Waals surface area contributed by atoms with Gasteiger partial charge in [-0.1, -0.05) is 0 Å². The summed E-state index contributed by atoms with van der Waals surface area (Å²) in [5.41, 5.74) is 0. The number of likely N-dealkylation sites (tertiary alicyclic amines) is 1. The van der Waals surface area contributed by atoms with Crippen LogP contribution >= 0.6 is 0 Å². The van der Waals surface area contributed by atoms with Crippen molar-refractivity contribution in [1.82, 2.24) is 19.7 Å². The van der Waals surface area contributed by atoms with E-state index < -0.39 is 0 Å². The maximum Gasteiger partial charge on any atom is 0.251 e. The maximum atomic E-state index is 12.4. The second-order valence-corrected chi connectivity index (χ2v) is 5.43. The van der Waals surface area contributed by atoms with E-state index in [9.17, 15) is 4.79 Å². The van der Waals surface area contributed by atoms with E-state index >= 15 is 0 Å². The first-order chi connectivity index (χ1) is 9.25. The van der Waals surface area contributed by atoms with Gasteiger partial charge in [-0.15, -0.1) is 10.2 Å². The molecular formula is C13H20N4O2. The first kappa shape index (κ1) is 12.6. The number of ether oxygens (including phenoxy) is 1. The fourth-order valence-corrected chi connectivity index (χ4v) is 3.03. The number of aryl methyl sites for hydroxylation is 1. The fraction of sp³-hybridized carbons (Fsp3) is 0.769. The molecule has 0 radical (unpaired) electrons. The van der Waals surface area contributed by atoms with Crippen molar-refractivity contribution in [3.05, 3.63) is 12.2 Å². The SMILES string of the molecule is Cn1cnnc1[C@@H]1CCCN(C(=O)[C@@H]2CCCO2)C1. The molecular weight excluding hydrogens is 244 g/mol. The Morgan fingerprint density at radius 1 is 1.42 bits per heavy atom. The van der Waals surface area contributed by atoms with Crippen molar-refractivity contribution in [2.75, 3.05) is 19.7 Å². The Balaban J connectivity index is 1.68. The zero-order valence-corrected chi connectivity index (χ0v) is 11.3. The molecule has 0 N–H and O–H groups in total. The highest BCUT2D eigenvalue weighted by Gasteiger charge is 2.32. The number of aromatic nitrogens is 3. The molecule has 2 saturated heterocycles. The van der Waals surface area contributed by atoms with E-state index in [0.29, 0.717) is 5.92 Å². The molecule has 0 unspecified atom stereocenters. The van der Waals surface area contributed by atoms with Gasteiger partial charge in [-0.05, 0) is 25.7 Å². The fourth-order valence-electron chi connectivity index (χ4n) is 3.03. The molecule has 0 aliphatic carbocycles. The number of nitrogens with zero attached hydrogens (tertiary/aromatic N) is 4. The number of carbonyl (C=O) groups excluding carboxylic acids is 1. The molecule has 104 valence electrons. The van der Waals surface area contributed by atoms with Gasteiger partial charge in [0.2, 0.25) is 0 Å². The van der Waals surface area contributed by atoms with Crippen LogP contribution in [0, 0.1) is 0 Å². The predicted molar refractivity (Wildman–Crippen MR) is 68.5 cm³/mol. The summed E-state index contributed by atoms with van der Waals surface area (Å²) in [7, 11) is 1.95. The molecule has 0 spiro atoms. The monoisotopic (exact) mass is 264 g/mol. The smallest absolute Gasteiger partial charge is 0.251 e. The summed E-state index contributed by atoms with van der Waals surface area (Å²) in [4.78, 5) is 14.3. The van der Waals surface area contributed by atoms with E-state index in [-0.39, 0.29) is 12.0 Å². The second-order valence-electron chi connectivity index (χ2n) is 5.43. The molecule has 6 heteroatoms. The first-order valence-electron chi connectivity index (χ1n) is 7.00. The summed E-state index contributed by atoms with van der Waals surface area (Å²) in [5.74, 6) is 1.43. The highest BCUT2D eigenvalue weighted by Crippen LogP contribution is 2.26. The minimum Gasteiger partial charge on any atom is -0.368 e. The van der Waals surface area contributed by atoms with Crippen LogP contribution in [0.4, 0.5) is 0 Å². The Labute approximate surface area is 112 Å². The average Bonchev–Trinajstić information content (AvgIpc) is 3.09.